The molecule has 1 aromatic carbocycles. The molecule has 0 aliphatic carbocycles. The molecule has 2 rings (SSSR count). The first-order chi connectivity index (χ1) is 20.6. The van der Waals surface area contributed by atoms with E-state index in [1.165, 1.54) is 6.33 Å². The zero-order valence-corrected chi connectivity index (χ0v) is 27.0. The SMILES string of the molecule is CC(C)CNC(=O)C[C@H](O)[C@H](CC(C)C)NC(=O)[C@H](Cc1cnc[nH]1)NC(=O)[C@H](Cc1ccccc1)NC(=O)OC(C)(C)C. The number of H-pyrrole nitrogens is 1. The third-order valence-electron chi connectivity index (χ3n) is 6.52. The van der Waals surface area contributed by atoms with Gasteiger partial charge < -0.3 is 36.1 Å². The van der Waals surface area contributed by atoms with Crippen LogP contribution >= 0.6 is 0 Å². The highest BCUT2D eigenvalue weighted by atomic mass is 16.6. The van der Waals surface area contributed by atoms with Crippen LogP contribution in [-0.4, -0.2) is 75.3 Å². The van der Waals surface area contributed by atoms with Crippen molar-refractivity contribution in [1.29, 1.82) is 0 Å². The lowest BCUT2D eigenvalue weighted by molar-refractivity contribution is -0.131. The van der Waals surface area contributed by atoms with Gasteiger partial charge in [0.15, 0.2) is 0 Å². The number of hydrogen-bond donors (Lipinski definition) is 6. The van der Waals surface area contributed by atoms with Gasteiger partial charge in [-0.25, -0.2) is 9.78 Å². The number of nitrogens with one attached hydrogen (secondary N) is 5. The third kappa shape index (κ3) is 14.0. The number of carbonyl (C=O) groups is 4. The Labute approximate surface area is 260 Å². The molecule has 4 amide bonds. The normalized spacial score (nSPS) is 14.3. The summed E-state index contributed by atoms with van der Waals surface area (Å²) in [5, 5.41) is 22.1. The summed E-state index contributed by atoms with van der Waals surface area (Å²) in [5.41, 5.74) is 0.618. The zero-order chi connectivity index (χ0) is 32.9. The minimum absolute atomic E-state index is 0.0709. The fourth-order valence-corrected chi connectivity index (χ4v) is 4.43. The smallest absolute Gasteiger partial charge is 0.408 e. The number of rotatable bonds is 16. The van der Waals surface area contributed by atoms with Crippen LogP contribution in [0.2, 0.25) is 0 Å². The van der Waals surface area contributed by atoms with Crippen molar-refractivity contribution in [2.75, 3.05) is 6.54 Å². The molecule has 0 bridgehead atoms. The van der Waals surface area contributed by atoms with Crippen molar-refractivity contribution in [2.24, 2.45) is 11.8 Å². The topological polar surface area (TPSA) is 175 Å². The van der Waals surface area contributed by atoms with Crippen molar-refractivity contribution in [2.45, 2.75) is 104 Å². The second-order valence-corrected chi connectivity index (χ2v) is 12.9. The molecule has 44 heavy (non-hydrogen) atoms. The van der Waals surface area contributed by atoms with Crippen LogP contribution < -0.4 is 21.3 Å². The Balaban J connectivity index is 2.26. The molecular weight excluding hydrogens is 564 g/mol. The van der Waals surface area contributed by atoms with Gasteiger partial charge in [-0.3, -0.25) is 14.4 Å². The average molecular weight is 615 g/mol. The summed E-state index contributed by atoms with van der Waals surface area (Å²) in [4.78, 5) is 59.4. The molecule has 0 aliphatic rings. The number of benzene rings is 1. The molecule has 0 fully saturated rings. The van der Waals surface area contributed by atoms with Gasteiger partial charge >= 0.3 is 6.09 Å². The first kappa shape index (κ1) is 36.3. The predicted octanol–water partition coefficient (Wildman–Crippen LogP) is 2.63. The lowest BCUT2D eigenvalue weighted by Gasteiger charge is -2.29. The second-order valence-electron chi connectivity index (χ2n) is 12.9. The van der Waals surface area contributed by atoms with Gasteiger partial charge in [0.25, 0.3) is 0 Å². The summed E-state index contributed by atoms with van der Waals surface area (Å²) in [7, 11) is 0. The summed E-state index contributed by atoms with van der Waals surface area (Å²) in [6.07, 6.45) is 1.57. The van der Waals surface area contributed by atoms with Crippen LogP contribution in [0.15, 0.2) is 42.9 Å². The summed E-state index contributed by atoms with van der Waals surface area (Å²) >= 11 is 0. The summed E-state index contributed by atoms with van der Waals surface area (Å²) in [5.74, 6) is -1.09. The van der Waals surface area contributed by atoms with Crippen LogP contribution in [0.5, 0.6) is 0 Å². The fraction of sp³-hybridized carbons (Fsp3) is 0.594. The standard InChI is InChI=1S/C32H50N6O6/c1-20(2)13-24(27(39)16-28(40)34-17-21(3)4)36-30(42)26(15-23-18-33-19-35-23)37-29(41)25(14-22-11-9-8-10-12-22)38-31(43)44-32(5,6)7/h8-12,18-21,24-27,39H,13-17H2,1-7H3,(H,33,35)(H,34,40)(H,36,42)(H,37,41)(H,38,43)/t24-,25-,26-,27-/m0/s1. The van der Waals surface area contributed by atoms with Gasteiger partial charge in [0, 0.05) is 31.3 Å². The fourth-order valence-electron chi connectivity index (χ4n) is 4.43. The molecule has 0 aliphatic heterocycles. The Morgan fingerprint density at radius 1 is 0.909 bits per heavy atom. The van der Waals surface area contributed by atoms with E-state index < -0.39 is 47.7 Å². The molecule has 0 saturated heterocycles. The summed E-state index contributed by atoms with van der Waals surface area (Å²) < 4.78 is 5.39. The monoisotopic (exact) mass is 614 g/mol. The van der Waals surface area contributed by atoms with Crippen molar-refractivity contribution < 1.29 is 29.0 Å². The van der Waals surface area contributed by atoms with Crippen molar-refractivity contribution in [3.63, 3.8) is 0 Å². The van der Waals surface area contributed by atoms with E-state index in [-0.39, 0.29) is 37.0 Å². The van der Waals surface area contributed by atoms with Gasteiger partial charge in [0.1, 0.15) is 17.7 Å². The maximum Gasteiger partial charge on any atom is 0.408 e. The molecule has 6 N–H and O–H groups in total. The molecule has 0 unspecified atom stereocenters. The number of hydrogen-bond acceptors (Lipinski definition) is 7. The van der Waals surface area contributed by atoms with Gasteiger partial charge in [-0.15, -0.1) is 0 Å². The van der Waals surface area contributed by atoms with Crippen molar-refractivity contribution in [3.05, 3.63) is 54.1 Å². The number of amides is 4. The molecule has 12 heteroatoms. The summed E-state index contributed by atoms with van der Waals surface area (Å²) in [6.45, 7) is 13.5. The molecule has 0 spiro atoms. The molecule has 1 aromatic heterocycles. The number of carbonyl (C=O) groups excluding carboxylic acids is 4. The minimum Gasteiger partial charge on any atom is -0.444 e. The lowest BCUT2D eigenvalue weighted by Crippen LogP contribution is -2.57. The van der Waals surface area contributed by atoms with Crippen molar-refractivity contribution >= 4 is 23.8 Å². The molecule has 244 valence electrons. The summed E-state index contributed by atoms with van der Waals surface area (Å²) in [6, 6.07) is 6.30. The first-order valence-corrected chi connectivity index (χ1v) is 15.2. The third-order valence-corrected chi connectivity index (χ3v) is 6.52. The quantitative estimate of drug-likeness (QED) is 0.168. The van der Waals surface area contributed by atoms with Gasteiger partial charge in [-0.05, 0) is 44.6 Å². The highest BCUT2D eigenvalue weighted by Crippen LogP contribution is 2.13. The Morgan fingerprint density at radius 3 is 2.11 bits per heavy atom. The van der Waals surface area contributed by atoms with E-state index in [0.717, 1.165) is 5.56 Å². The first-order valence-electron chi connectivity index (χ1n) is 15.2. The van der Waals surface area contributed by atoms with E-state index in [1.807, 2.05) is 58.0 Å². The van der Waals surface area contributed by atoms with Gasteiger partial charge in [-0.2, -0.15) is 0 Å². The maximum absolute atomic E-state index is 13.7. The minimum atomic E-state index is -1.14. The van der Waals surface area contributed by atoms with E-state index in [0.29, 0.717) is 18.7 Å². The molecule has 0 radical (unpaired) electrons. The number of alkyl carbamates (subject to hydrolysis) is 1. The highest BCUT2D eigenvalue weighted by molar-refractivity contribution is 5.91. The predicted molar refractivity (Wildman–Crippen MR) is 167 cm³/mol. The number of ether oxygens (including phenoxy) is 1. The Kier molecular flexibility index (Phi) is 14.3. The lowest BCUT2D eigenvalue weighted by atomic mass is 9.96. The number of aliphatic hydroxyl groups is 1. The van der Waals surface area contributed by atoms with E-state index >= 15 is 0 Å². The van der Waals surface area contributed by atoms with E-state index in [1.54, 1.807) is 27.0 Å². The van der Waals surface area contributed by atoms with Crippen molar-refractivity contribution in [1.82, 2.24) is 31.2 Å². The maximum atomic E-state index is 13.7. The van der Waals surface area contributed by atoms with Crippen LogP contribution in [0, 0.1) is 11.8 Å². The van der Waals surface area contributed by atoms with E-state index in [4.69, 9.17) is 4.74 Å². The van der Waals surface area contributed by atoms with Crippen LogP contribution in [-0.2, 0) is 32.0 Å². The Hall–Kier alpha value is -3.93. The molecule has 1 heterocycles. The number of aromatic amines is 1. The molecular formula is C32H50N6O6. The van der Waals surface area contributed by atoms with Crippen LogP contribution in [0.1, 0.15) is 72.6 Å². The number of aliphatic hydroxyl groups excluding tert-OH is 1. The molecule has 12 nitrogen and oxygen atoms in total. The zero-order valence-electron chi connectivity index (χ0n) is 27.0. The molecule has 0 saturated carbocycles. The van der Waals surface area contributed by atoms with Crippen LogP contribution in [0.25, 0.3) is 0 Å². The van der Waals surface area contributed by atoms with Crippen molar-refractivity contribution in [3.8, 4) is 0 Å². The molecule has 2 aromatic rings. The van der Waals surface area contributed by atoms with Crippen LogP contribution in [0.3, 0.4) is 0 Å². The second kappa shape index (κ2) is 17.4. The Morgan fingerprint density at radius 2 is 1.55 bits per heavy atom. The highest BCUT2D eigenvalue weighted by Gasteiger charge is 2.32. The molecule has 4 atom stereocenters. The van der Waals surface area contributed by atoms with Gasteiger partial charge in [0.2, 0.25) is 17.7 Å². The Bertz CT molecular complexity index is 1180. The van der Waals surface area contributed by atoms with Gasteiger partial charge in [0.05, 0.1) is 24.9 Å². The van der Waals surface area contributed by atoms with E-state index in [2.05, 4.69) is 31.2 Å². The number of imidazole rings is 1. The number of aromatic nitrogens is 2. The van der Waals surface area contributed by atoms with Crippen LogP contribution in [0.4, 0.5) is 4.79 Å². The average Bonchev–Trinajstić information content (AvgIpc) is 3.43. The van der Waals surface area contributed by atoms with E-state index in [9.17, 15) is 24.3 Å². The number of nitrogens with zero attached hydrogens (tertiary/aromatic N) is 1. The largest absolute Gasteiger partial charge is 0.444 e. The van der Waals surface area contributed by atoms with Gasteiger partial charge in [-0.1, -0.05) is 58.0 Å².